The molecule has 0 radical (unpaired) electrons. The SMILES string of the molecule is CCCCCCC(=O)Oc1c2ccccc2cc2ccc(C(C)(C)C)cc12. The van der Waals surface area contributed by atoms with E-state index in [-0.39, 0.29) is 11.4 Å². The highest BCUT2D eigenvalue weighted by molar-refractivity contribution is 6.06. The molecule has 142 valence electrons. The van der Waals surface area contributed by atoms with E-state index in [0.717, 1.165) is 34.4 Å². The molecule has 0 aliphatic rings. The van der Waals surface area contributed by atoms with Gasteiger partial charge in [0.05, 0.1) is 0 Å². The zero-order chi connectivity index (χ0) is 19.4. The van der Waals surface area contributed by atoms with E-state index in [4.69, 9.17) is 4.74 Å². The summed E-state index contributed by atoms with van der Waals surface area (Å²) in [5.74, 6) is 0.569. The molecule has 0 aliphatic heterocycles. The fourth-order valence-electron chi connectivity index (χ4n) is 3.46. The number of rotatable bonds is 6. The monoisotopic (exact) mass is 362 g/mol. The van der Waals surface area contributed by atoms with Crippen molar-refractivity contribution in [2.24, 2.45) is 0 Å². The summed E-state index contributed by atoms with van der Waals surface area (Å²) in [5.41, 5.74) is 1.28. The highest BCUT2D eigenvalue weighted by Crippen LogP contribution is 2.37. The van der Waals surface area contributed by atoms with Crippen molar-refractivity contribution in [2.75, 3.05) is 0 Å². The summed E-state index contributed by atoms with van der Waals surface area (Å²) in [6, 6.07) is 16.8. The van der Waals surface area contributed by atoms with E-state index in [2.05, 4.69) is 58.0 Å². The quantitative estimate of drug-likeness (QED) is 0.201. The second-order valence-corrected chi connectivity index (χ2v) is 8.40. The number of unbranched alkanes of at least 4 members (excludes halogenated alkanes) is 3. The molecule has 3 rings (SSSR count). The lowest BCUT2D eigenvalue weighted by Crippen LogP contribution is -2.11. The molecule has 0 atom stereocenters. The van der Waals surface area contributed by atoms with Crippen LogP contribution in [0.1, 0.15) is 65.4 Å². The van der Waals surface area contributed by atoms with Crippen molar-refractivity contribution in [1.29, 1.82) is 0 Å². The van der Waals surface area contributed by atoms with Crippen LogP contribution >= 0.6 is 0 Å². The van der Waals surface area contributed by atoms with E-state index in [1.807, 2.05) is 18.2 Å². The predicted octanol–water partition coefficient (Wildman–Crippen LogP) is 7.17. The summed E-state index contributed by atoms with van der Waals surface area (Å²) in [5, 5.41) is 4.22. The number of benzene rings is 3. The molecule has 2 nitrogen and oxygen atoms in total. The van der Waals surface area contributed by atoms with Crippen LogP contribution in [0.15, 0.2) is 48.5 Å². The fourth-order valence-corrected chi connectivity index (χ4v) is 3.46. The van der Waals surface area contributed by atoms with Gasteiger partial charge in [-0.2, -0.15) is 0 Å². The molecule has 2 heteroatoms. The van der Waals surface area contributed by atoms with Crippen LogP contribution in [0.2, 0.25) is 0 Å². The summed E-state index contributed by atoms with van der Waals surface area (Å²) in [4.78, 5) is 12.5. The van der Waals surface area contributed by atoms with Crippen LogP contribution in [-0.2, 0) is 10.2 Å². The Bertz CT molecular complexity index is 948. The lowest BCUT2D eigenvalue weighted by Gasteiger charge is -2.20. The third kappa shape index (κ3) is 4.50. The summed E-state index contributed by atoms with van der Waals surface area (Å²) in [6.45, 7) is 8.78. The Morgan fingerprint density at radius 2 is 1.63 bits per heavy atom. The van der Waals surface area contributed by atoms with Gasteiger partial charge < -0.3 is 4.74 Å². The minimum Gasteiger partial charge on any atom is -0.425 e. The van der Waals surface area contributed by atoms with Crippen LogP contribution in [0.25, 0.3) is 21.5 Å². The minimum atomic E-state index is -0.134. The number of hydrogen-bond acceptors (Lipinski definition) is 2. The number of hydrogen-bond donors (Lipinski definition) is 0. The zero-order valence-electron chi connectivity index (χ0n) is 17.0. The van der Waals surface area contributed by atoms with Crippen molar-refractivity contribution in [1.82, 2.24) is 0 Å². The van der Waals surface area contributed by atoms with Crippen LogP contribution in [-0.4, -0.2) is 5.97 Å². The van der Waals surface area contributed by atoms with Crippen LogP contribution in [0.3, 0.4) is 0 Å². The number of fused-ring (bicyclic) bond motifs is 2. The molecule has 3 aromatic carbocycles. The van der Waals surface area contributed by atoms with E-state index in [1.54, 1.807) is 0 Å². The first-order valence-electron chi connectivity index (χ1n) is 10.1. The summed E-state index contributed by atoms with van der Waals surface area (Å²) in [7, 11) is 0. The van der Waals surface area contributed by atoms with Crippen molar-refractivity contribution in [2.45, 2.75) is 65.2 Å². The van der Waals surface area contributed by atoms with Crippen LogP contribution in [0.5, 0.6) is 5.75 Å². The third-order valence-corrected chi connectivity index (χ3v) is 5.13. The molecule has 0 saturated heterocycles. The van der Waals surface area contributed by atoms with Gasteiger partial charge in [0.1, 0.15) is 5.75 Å². The van der Waals surface area contributed by atoms with Gasteiger partial charge in [0, 0.05) is 17.2 Å². The van der Waals surface area contributed by atoms with Gasteiger partial charge in [0.15, 0.2) is 0 Å². The first-order chi connectivity index (χ1) is 12.9. The maximum absolute atomic E-state index is 12.5. The number of esters is 1. The molecule has 0 N–H and O–H groups in total. The van der Waals surface area contributed by atoms with Gasteiger partial charge in [-0.3, -0.25) is 4.79 Å². The fraction of sp³-hybridized carbons (Fsp3) is 0.400. The Morgan fingerprint density at radius 1 is 0.889 bits per heavy atom. The number of carbonyl (C=O) groups excluding carboxylic acids is 1. The molecular formula is C25H30O2. The lowest BCUT2D eigenvalue weighted by molar-refractivity contribution is -0.134. The second-order valence-electron chi connectivity index (χ2n) is 8.40. The summed E-state index contributed by atoms with van der Waals surface area (Å²) in [6.07, 6.45) is 4.78. The molecule has 3 aromatic rings. The van der Waals surface area contributed by atoms with Crippen molar-refractivity contribution >= 4 is 27.5 Å². The Hall–Kier alpha value is -2.35. The molecule has 0 aliphatic carbocycles. The van der Waals surface area contributed by atoms with Gasteiger partial charge in [-0.25, -0.2) is 0 Å². The molecule has 0 unspecified atom stereocenters. The molecule has 27 heavy (non-hydrogen) atoms. The largest absolute Gasteiger partial charge is 0.425 e. The third-order valence-electron chi connectivity index (χ3n) is 5.13. The van der Waals surface area contributed by atoms with Gasteiger partial charge in [-0.15, -0.1) is 0 Å². The van der Waals surface area contributed by atoms with Gasteiger partial charge in [-0.05, 0) is 40.3 Å². The standard InChI is InChI=1S/C25H30O2/c1-5-6-7-8-13-23(26)27-24-21-12-10-9-11-18(21)16-19-14-15-20(17-22(19)24)25(2,3)4/h9-12,14-17H,5-8,13H2,1-4H3. The van der Waals surface area contributed by atoms with Crippen LogP contribution < -0.4 is 4.74 Å². The van der Waals surface area contributed by atoms with Gasteiger partial charge in [-0.1, -0.05) is 83.4 Å². The average molecular weight is 363 g/mol. The topological polar surface area (TPSA) is 26.3 Å². The Kier molecular flexibility index (Phi) is 5.84. The highest BCUT2D eigenvalue weighted by Gasteiger charge is 2.18. The van der Waals surface area contributed by atoms with E-state index in [0.29, 0.717) is 12.2 Å². The molecule has 0 aromatic heterocycles. The molecule has 0 saturated carbocycles. The number of carbonyl (C=O) groups is 1. The lowest BCUT2D eigenvalue weighted by atomic mass is 9.85. The summed E-state index contributed by atoms with van der Waals surface area (Å²) >= 11 is 0. The Morgan fingerprint density at radius 3 is 2.37 bits per heavy atom. The highest BCUT2D eigenvalue weighted by atomic mass is 16.5. The maximum atomic E-state index is 12.5. The van der Waals surface area contributed by atoms with Gasteiger partial charge in [0.2, 0.25) is 0 Å². The van der Waals surface area contributed by atoms with Gasteiger partial charge in [0.25, 0.3) is 0 Å². The first kappa shape index (κ1) is 19.4. The maximum Gasteiger partial charge on any atom is 0.311 e. The van der Waals surface area contributed by atoms with Crippen molar-refractivity contribution in [3.05, 3.63) is 54.1 Å². The molecule has 0 fully saturated rings. The summed E-state index contributed by atoms with van der Waals surface area (Å²) < 4.78 is 5.95. The van der Waals surface area contributed by atoms with Gasteiger partial charge >= 0.3 is 5.97 Å². The van der Waals surface area contributed by atoms with E-state index >= 15 is 0 Å². The van der Waals surface area contributed by atoms with Crippen LogP contribution in [0.4, 0.5) is 0 Å². The van der Waals surface area contributed by atoms with E-state index in [1.165, 1.54) is 18.4 Å². The van der Waals surface area contributed by atoms with Crippen molar-refractivity contribution in [3.8, 4) is 5.75 Å². The van der Waals surface area contributed by atoms with Crippen LogP contribution in [0, 0.1) is 0 Å². The molecular weight excluding hydrogens is 332 g/mol. The van der Waals surface area contributed by atoms with E-state index in [9.17, 15) is 4.79 Å². The minimum absolute atomic E-state index is 0.0429. The predicted molar refractivity (Wildman–Crippen MR) is 115 cm³/mol. The Labute approximate surface area is 162 Å². The molecule has 0 heterocycles. The Balaban J connectivity index is 2.04. The van der Waals surface area contributed by atoms with E-state index < -0.39 is 0 Å². The second kappa shape index (κ2) is 8.12. The van der Waals surface area contributed by atoms with Crippen molar-refractivity contribution in [3.63, 3.8) is 0 Å². The molecule has 0 spiro atoms. The average Bonchev–Trinajstić information content (AvgIpc) is 2.64. The smallest absolute Gasteiger partial charge is 0.311 e. The van der Waals surface area contributed by atoms with Crippen molar-refractivity contribution < 1.29 is 9.53 Å². The normalized spacial score (nSPS) is 11.9. The number of ether oxygens (including phenoxy) is 1. The first-order valence-corrected chi connectivity index (χ1v) is 10.1. The molecule has 0 bridgehead atoms. The zero-order valence-corrected chi connectivity index (χ0v) is 17.0. The molecule has 0 amide bonds.